The molecule has 0 aromatic rings. The van der Waals surface area contributed by atoms with E-state index in [0.29, 0.717) is 0 Å². The van der Waals surface area contributed by atoms with Crippen LogP contribution >= 0.6 is 0 Å². The maximum Gasteiger partial charge on any atom is 0.500 e. The van der Waals surface area contributed by atoms with E-state index in [0.717, 1.165) is 12.5 Å². The van der Waals surface area contributed by atoms with Crippen LogP contribution in [0.15, 0.2) is 0 Å². The van der Waals surface area contributed by atoms with Crippen LogP contribution in [0.3, 0.4) is 0 Å². The van der Waals surface area contributed by atoms with Crippen LogP contribution in [-0.4, -0.2) is 61.3 Å². The maximum atomic E-state index is 5.45. The lowest BCUT2D eigenvalue weighted by Crippen LogP contribution is -2.50. The standard InChI is InChI=1S/C12H28NO3Si/c1-13(9-6-5-7-10-13)11-8-12-17(14-2,15-3)16-4/h5-12H2,1-4H3/q+1. The summed E-state index contributed by atoms with van der Waals surface area (Å²) in [5, 5.41) is 0. The van der Waals surface area contributed by atoms with E-state index in [2.05, 4.69) is 7.05 Å². The molecule has 1 aliphatic rings. The van der Waals surface area contributed by atoms with Gasteiger partial charge in [0.05, 0.1) is 26.7 Å². The van der Waals surface area contributed by atoms with E-state index < -0.39 is 8.80 Å². The zero-order chi connectivity index (χ0) is 12.8. The van der Waals surface area contributed by atoms with E-state index in [1.807, 2.05) is 0 Å². The molecule has 0 saturated carbocycles. The highest BCUT2D eigenvalue weighted by Crippen LogP contribution is 2.20. The van der Waals surface area contributed by atoms with Crippen molar-refractivity contribution in [3.63, 3.8) is 0 Å². The number of likely N-dealkylation sites (tertiary alicyclic amines) is 1. The van der Waals surface area contributed by atoms with E-state index in [1.54, 1.807) is 21.3 Å². The summed E-state index contributed by atoms with van der Waals surface area (Å²) in [5.41, 5.74) is 0. The van der Waals surface area contributed by atoms with Gasteiger partial charge in [-0.25, -0.2) is 0 Å². The van der Waals surface area contributed by atoms with Crippen LogP contribution in [-0.2, 0) is 13.3 Å². The second kappa shape index (κ2) is 6.85. The number of rotatable bonds is 7. The van der Waals surface area contributed by atoms with E-state index in [1.165, 1.54) is 43.4 Å². The van der Waals surface area contributed by atoms with Crippen LogP contribution < -0.4 is 0 Å². The molecule has 0 bridgehead atoms. The molecule has 0 unspecified atom stereocenters. The molecule has 0 aromatic heterocycles. The van der Waals surface area contributed by atoms with Gasteiger partial charge in [0.2, 0.25) is 0 Å². The van der Waals surface area contributed by atoms with Gasteiger partial charge in [-0.2, -0.15) is 0 Å². The molecule has 17 heavy (non-hydrogen) atoms. The predicted molar refractivity (Wildman–Crippen MR) is 70.8 cm³/mol. The number of hydrogen-bond donors (Lipinski definition) is 0. The van der Waals surface area contributed by atoms with Gasteiger partial charge in [-0.05, 0) is 19.3 Å². The minimum Gasteiger partial charge on any atom is -0.377 e. The van der Waals surface area contributed by atoms with Gasteiger partial charge in [0.1, 0.15) is 0 Å². The quantitative estimate of drug-likeness (QED) is 0.518. The molecule has 1 rings (SSSR count). The lowest BCUT2D eigenvalue weighted by atomic mass is 10.1. The topological polar surface area (TPSA) is 27.7 Å². The Morgan fingerprint density at radius 1 is 0.941 bits per heavy atom. The third-order valence-electron chi connectivity index (χ3n) is 4.01. The van der Waals surface area contributed by atoms with Crippen molar-refractivity contribution >= 4 is 8.80 Å². The zero-order valence-electron chi connectivity index (χ0n) is 11.8. The molecule has 0 aromatic carbocycles. The number of hydrogen-bond acceptors (Lipinski definition) is 3. The van der Waals surface area contributed by atoms with Crippen LogP contribution in [0, 0.1) is 0 Å². The fourth-order valence-electron chi connectivity index (χ4n) is 2.73. The first kappa shape index (κ1) is 15.1. The first-order valence-electron chi connectivity index (χ1n) is 6.59. The predicted octanol–water partition coefficient (Wildman–Crippen LogP) is 1.89. The molecule has 1 heterocycles. The minimum absolute atomic E-state index is 0.921. The number of quaternary nitrogens is 1. The number of nitrogens with zero attached hydrogens (tertiary/aromatic N) is 1. The molecule has 4 nitrogen and oxygen atoms in total. The molecular formula is C12H28NO3Si+. The fourth-order valence-corrected chi connectivity index (χ4v) is 4.44. The maximum absolute atomic E-state index is 5.45. The van der Waals surface area contributed by atoms with Crippen molar-refractivity contribution in [1.29, 1.82) is 0 Å². The van der Waals surface area contributed by atoms with Gasteiger partial charge in [-0.1, -0.05) is 0 Å². The molecule has 0 amide bonds. The summed E-state index contributed by atoms with van der Waals surface area (Å²) in [5.74, 6) is 0. The van der Waals surface area contributed by atoms with Gasteiger partial charge >= 0.3 is 8.80 Å². The van der Waals surface area contributed by atoms with Crippen molar-refractivity contribution in [2.75, 3.05) is 48.0 Å². The Morgan fingerprint density at radius 2 is 1.47 bits per heavy atom. The first-order valence-corrected chi connectivity index (χ1v) is 8.52. The highest BCUT2D eigenvalue weighted by molar-refractivity contribution is 6.60. The number of piperidine rings is 1. The molecule has 1 aliphatic heterocycles. The highest BCUT2D eigenvalue weighted by Gasteiger charge is 2.38. The average molecular weight is 262 g/mol. The molecule has 5 heteroatoms. The molecule has 0 spiro atoms. The van der Waals surface area contributed by atoms with Crippen LogP contribution in [0.5, 0.6) is 0 Å². The first-order chi connectivity index (χ1) is 8.10. The van der Waals surface area contributed by atoms with Gasteiger partial charge in [0.15, 0.2) is 0 Å². The Kier molecular flexibility index (Phi) is 6.09. The average Bonchev–Trinajstić information content (AvgIpc) is 2.36. The van der Waals surface area contributed by atoms with E-state index >= 15 is 0 Å². The van der Waals surface area contributed by atoms with Crippen molar-refractivity contribution in [3.8, 4) is 0 Å². The van der Waals surface area contributed by atoms with Gasteiger partial charge in [0, 0.05) is 33.8 Å². The van der Waals surface area contributed by atoms with Crippen molar-refractivity contribution in [2.45, 2.75) is 31.7 Å². The highest BCUT2D eigenvalue weighted by atomic mass is 28.4. The summed E-state index contributed by atoms with van der Waals surface area (Å²) in [6.07, 6.45) is 5.27. The Labute approximate surface area is 107 Å². The Balaban J connectivity index is 2.34. The molecule has 102 valence electrons. The van der Waals surface area contributed by atoms with Gasteiger partial charge in [-0.15, -0.1) is 0 Å². The molecule has 1 saturated heterocycles. The molecule has 0 atom stereocenters. The smallest absolute Gasteiger partial charge is 0.377 e. The molecule has 0 radical (unpaired) electrons. The Morgan fingerprint density at radius 3 is 1.94 bits per heavy atom. The van der Waals surface area contributed by atoms with Gasteiger partial charge in [0.25, 0.3) is 0 Å². The Bertz CT molecular complexity index is 208. The second-order valence-electron chi connectivity index (χ2n) is 5.25. The SMILES string of the molecule is CO[Si](CCC[N+]1(C)CCCCC1)(OC)OC. The summed E-state index contributed by atoms with van der Waals surface area (Å²) >= 11 is 0. The molecular weight excluding hydrogens is 234 g/mol. The van der Waals surface area contributed by atoms with Crippen LogP contribution in [0.1, 0.15) is 25.7 Å². The molecule has 0 aliphatic carbocycles. The van der Waals surface area contributed by atoms with Crippen molar-refractivity contribution in [1.82, 2.24) is 0 Å². The molecule has 0 N–H and O–H groups in total. The van der Waals surface area contributed by atoms with E-state index in [4.69, 9.17) is 13.3 Å². The van der Waals surface area contributed by atoms with Crippen LogP contribution in [0.4, 0.5) is 0 Å². The lowest BCUT2D eigenvalue weighted by molar-refractivity contribution is -0.914. The zero-order valence-corrected chi connectivity index (χ0v) is 12.8. The normalized spacial score (nSPS) is 20.5. The lowest BCUT2D eigenvalue weighted by Gasteiger charge is -2.38. The fraction of sp³-hybridized carbons (Fsp3) is 1.00. The van der Waals surface area contributed by atoms with Crippen molar-refractivity contribution in [2.24, 2.45) is 0 Å². The second-order valence-corrected chi connectivity index (χ2v) is 8.34. The van der Waals surface area contributed by atoms with Crippen LogP contribution in [0.2, 0.25) is 6.04 Å². The third kappa shape index (κ3) is 4.33. The van der Waals surface area contributed by atoms with Crippen molar-refractivity contribution in [3.05, 3.63) is 0 Å². The Hall–Kier alpha value is 0.0569. The van der Waals surface area contributed by atoms with Gasteiger partial charge in [-0.3, -0.25) is 0 Å². The third-order valence-corrected chi connectivity index (χ3v) is 6.84. The van der Waals surface area contributed by atoms with Gasteiger partial charge < -0.3 is 17.8 Å². The summed E-state index contributed by atoms with van der Waals surface area (Å²) in [4.78, 5) is 0. The van der Waals surface area contributed by atoms with E-state index in [-0.39, 0.29) is 0 Å². The molecule has 1 fully saturated rings. The minimum atomic E-state index is -2.34. The van der Waals surface area contributed by atoms with Crippen LogP contribution in [0.25, 0.3) is 0 Å². The summed E-state index contributed by atoms with van der Waals surface area (Å²) < 4.78 is 17.5. The largest absolute Gasteiger partial charge is 0.500 e. The summed E-state index contributed by atoms with van der Waals surface area (Å²) in [6, 6.07) is 0.921. The van der Waals surface area contributed by atoms with Crippen molar-refractivity contribution < 1.29 is 17.8 Å². The summed E-state index contributed by atoms with van der Waals surface area (Å²) in [7, 11) is 5.10. The van der Waals surface area contributed by atoms with E-state index in [9.17, 15) is 0 Å². The monoisotopic (exact) mass is 262 g/mol. The summed E-state index contributed by atoms with van der Waals surface area (Å²) in [6.45, 7) is 3.85.